The highest BCUT2D eigenvalue weighted by molar-refractivity contribution is 5.85. The highest BCUT2D eigenvalue weighted by Crippen LogP contribution is 2.17. The molecule has 0 radical (unpaired) electrons. The lowest BCUT2D eigenvalue weighted by molar-refractivity contribution is 0.116. The summed E-state index contributed by atoms with van der Waals surface area (Å²) >= 11 is 0. The van der Waals surface area contributed by atoms with E-state index in [1.807, 2.05) is 0 Å². The molecule has 1 aromatic rings. The highest BCUT2D eigenvalue weighted by Gasteiger charge is 2.16. The Morgan fingerprint density at radius 1 is 1.08 bits per heavy atom. The van der Waals surface area contributed by atoms with Gasteiger partial charge in [-0.25, -0.2) is 13.2 Å². The topological polar surface area (TPSA) is 26.0 Å². The molecule has 13 heavy (non-hydrogen) atoms. The van der Waals surface area contributed by atoms with E-state index in [0.29, 0.717) is 0 Å². The van der Waals surface area contributed by atoms with Crippen LogP contribution in [0, 0.1) is 5.82 Å². The quantitative estimate of drug-likeness (QED) is 0.799. The van der Waals surface area contributed by atoms with Crippen molar-refractivity contribution in [3.05, 3.63) is 35.6 Å². The van der Waals surface area contributed by atoms with Gasteiger partial charge in [-0.1, -0.05) is 12.1 Å². The SMILES string of the molecule is Cl.NC(c1ccc(F)cc1)C(F)F. The Bertz CT molecular complexity index is 250. The maximum absolute atomic E-state index is 12.3. The summed E-state index contributed by atoms with van der Waals surface area (Å²) < 4.78 is 36.3. The van der Waals surface area contributed by atoms with Crippen molar-refractivity contribution < 1.29 is 13.2 Å². The zero-order valence-electron chi connectivity index (χ0n) is 6.58. The van der Waals surface area contributed by atoms with Gasteiger partial charge in [0.1, 0.15) is 5.82 Å². The van der Waals surface area contributed by atoms with Gasteiger partial charge < -0.3 is 5.73 Å². The van der Waals surface area contributed by atoms with Gasteiger partial charge in [-0.15, -0.1) is 12.4 Å². The van der Waals surface area contributed by atoms with Crippen LogP contribution in [0.2, 0.25) is 0 Å². The molecule has 74 valence electrons. The lowest BCUT2D eigenvalue weighted by Gasteiger charge is -2.09. The van der Waals surface area contributed by atoms with Crippen LogP contribution in [0.4, 0.5) is 13.2 Å². The Balaban J connectivity index is 0.00000144. The fourth-order valence-electron chi connectivity index (χ4n) is 0.830. The van der Waals surface area contributed by atoms with Crippen LogP contribution in [-0.2, 0) is 0 Å². The van der Waals surface area contributed by atoms with Crippen LogP contribution in [0.15, 0.2) is 24.3 Å². The predicted octanol–water partition coefficient (Wildman–Crippen LogP) is 2.51. The summed E-state index contributed by atoms with van der Waals surface area (Å²) in [7, 11) is 0. The van der Waals surface area contributed by atoms with E-state index in [0.717, 1.165) is 12.1 Å². The molecule has 0 saturated carbocycles. The molecule has 0 spiro atoms. The molecule has 0 aliphatic carbocycles. The van der Waals surface area contributed by atoms with Gasteiger partial charge in [0.15, 0.2) is 0 Å². The van der Waals surface area contributed by atoms with Gasteiger partial charge in [-0.05, 0) is 17.7 Å². The largest absolute Gasteiger partial charge is 0.319 e. The first kappa shape index (κ1) is 12.3. The molecule has 0 aromatic heterocycles. The molecule has 0 heterocycles. The minimum atomic E-state index is -2.62. The van der Waals surface area contributed by atoms with Gasteiger partial charge in [-0.2, -0.15) is 0 Å². The summed E-state index contributed by atoms with van der Waals surface area (Å²) in [5, 5.41) is 0. The van der Waals surface area contributed by atoms with E-state index in [4.69, 9.17) is 5.73 Å². The summed E-state index contributed by atoms with van der Waals surface area (Å²) in [5.74, 6) is -0.458. The number of rotatable bonds is 2. The lowest BCUT2D eigenvalue weighted by Crippen LogP contribution is -2.18. The fourth-order valence-corrected chi connectivity index (χ4v) is 0.830. The van der Waals surface area contributed by atoms with Crippen LogP contribution in [-0.4, -0.2) is 6.43 Å². The Morgan fingerprint density at radius 3 is 1.92 bits per heavy atom. The highest BCUT2D eigenvalue weighted by atomic mass is 35.5. The summed E-state index contributed by atoms with van der Waals surface area (Å²) in [5.41, 5.74) is 5.36. The van der Waals surface area contributed by atoms with Crippen LogP contribution >= 0.6 is 12.4 Å². The number of nitrogens with two attached hydrogens (primary N) is 1. The Kier molecular flexibility index (Phi) is 4.80. The maximum Gasteiger partial charge on any atom is 0.257 e. The third-order valence-electron chi connectivity index (χ3n) is 1.53. The fraction of sp³-hybridized carbons (Fsp3) is 0.250. The zero-order chi connectivity index (χ0) is 9.14. The molecule has 0 amide bonds. The van der Waals surface area contributed by atoms with Crippen molar-refractivity contribution in [2.75, 3.05) is 0 Å². The number of halogens is 4. The van der Waals surface area contributed by atoms with Gasteiger partial charge in [0.2, 0.25) is 0 Å². The van der Waals surface area contributed by atoms with Gasteiger partial charge in [-0.3, -0.25) is 0 Å². The van der Waals surface area contributed by atoms with Gasteiger partial charge in [0, 0.05) is 0 Å². The predicted molar refractivity (Wildman–Crippen MR) is 46.6 cm³/mol. The maximum atomic E-state index is 12.3. The van der Waals surface area contributed by atoms with E-state index in [9.17, 15) is 13.2 Å². The summed E-state index contributed by atoms with van der Waals surface area (Å²) in [4.78, 5) is 0. The summed E-state index contributed by atoms with van der Waals surface area (Å²) in [6.07, 6.45) is -2.62. The van der Waals surface area contributed by atoms with Crippen LogP contribution in [0.25, 0.3) is 0 Å². The molecular formula is C8H9ClF3N. The van der Waals surface area contributed by atoms with Crippen molar-refractivity contribution in [1.82, 2.24) is 0 Å². The number of hydrogen-bond acceptors (Lipinski definition) is 1. The van der Waals surface area contributed by atoms with Gasteiger partial charge >= 0.3 is 0 Å². The molecule has 1 nitrogen and oxygen atoms in total. The molecule has 1 rings (SSSR count). The molecule has 0 aliphatic heterocycles. The second kappa shape index (κ2) is 5.09. The molecule has 0 aliphatic rings. The lowest BCUT2D eigenvalue weighted by atomic mass is 10.1. The molecule has 2 N–H and O–H groups in total. The van der Waals surface area contributed by atoms with Crippen molar-refractivity contribution in [2.45, 2.75) is 12.5 Å². The van der Waals surface area contributed by atoms with Crippen LogP contribution < -0.4 is 5.73 Å². The average molecular weight is 212 g/mol. The Hall–Kier alpha value is -0.740. The van der Waals surface area contributed by atoms with E-state index < -0.39 is 18.3 Å². The molecule has 1 unspecified atom stereocenters. The zero-order valence-corrected chi connectivity index (χ0v) is 7.40. The van der Waals surface area contributed by atoms with Gasteiger partial charge in [0.25, 0.3) is 6.43 Å². The van der Waals surface area contributed by atoms with E-state index in [-0.39, 0.29) is 18.0 Å². The van der Waals surface area contributed by atoms with Crippen molar-refractivity contribution >= 4 is 12.4 Å². The van der Waals surface area contributed by atoms with Gasteiger partial charge in [0.05, 0.1) is 6.04 Å². The first-order chi connectivity index (χ1) is 5.61. The molecule has 1 aromatic carbocycles. The first-order valence-corrected chi connectivity index (χ1v) is 3.40. The molecule has 0 bridgehead atoms. The average Bonchev–Trinajstić information content (AvgIpc) is 2.04. The third kappa shape index (κ3) is 3.24. The summed E-state index contributed by atoms with van der Waals surface area (Å²) in [6, 6.07) is 3.40. The molecule has 0 saturated heterocycles. The van der Waals surface area contributed by atoms with Crippen molar-refractivity contribution in [3.8, 4) is 0 Å². The molecular weight excluding hydrogens is 203 g/mol. The second-order valence-corrected chi connectivity index (χ2v) is 2.41. The van der Waals surface area contributed by atoms with E-state index in [1.165, 1.54) is 12.1 Å². The van der Waals surface area contributed by atoms with Crippen molar-refractivity contribution in [2.24, 2.45) is 5.73 Å². The van der Waals surface area contributed by atoms with Crippen LogP contribution in [0.1, 0.15) is 11.6 Å². The minimum Gasteiger partial charge on any atom is -0.319 e. The molecule has 0 fully saturated rings. The standard InChI is InChI=1S/C8H8F3N.ClH/c9-6-3-1-5(2-4-6)7(12)8(10)11;/h1-4,7-8H,12H2;1H. The summed E-state index contributed by atoms with van der Waals surface area (Å²) in [6.45, 7) is 0. The smallest absolute Gasteiger partial charge is 0.257 e. The Morgan fingerprint density at radius 2 is 1.54 bits per heavy atom. The van der Waals surface area contributed by atoms with E-state index >= 15 is 0 Å². The van der Waals surface area contributed by atoms with Crippen LogP contribution in [0.3, 0.4) is 0 Å². The van der Waals surface area contributed by atoms with E-state index in [2.05, 4.69) is 0 Å². The minimum absolute atomic E-state index is 0. The third-order valence-corrected chi connectivity index (χ3v) is 1.53. The number of benzene rings is 1. The van der Waals surface area contributed by atoms with Crippen molar-refractivity contribution in [1.29, 1.82) is 0 Å². The Labute approximate surface area is 80.2 Å². The van der Waals surface area contributed by atoms with E-state index in [1.54, 1.807) is 0 Å². The molecule has 5 heteroatoms. The second-order valence-electron chi connectivity index (χ2n) is 2.41. The molecule has 1 atom stereocenters. The van der Waals surface area contributed by atoms with Crippen LogP contribution in [0.5, 0.6) is 0 Å². The number of alkyl halides is 2. The number of hydrogen-bond donors (Lipinski definition) is 1. The normalized spacial score (nSPS) is 12.4. The monoisotopic (exact) mass is 211 g/mol. The van der Waals surface area contributed by atoms with Crippen molar-refractivity contribution in [3.63, 3.8) is 0 Å². The first-order valence-electron chi connectivity index (χ1n) is 3.40.